The Kier molecular flexibility index (Phi) is 7.19. The Balaban J connectivity index is 1.41. The number of aromatic nitrogens is 2. The number of nitrogens with one attached hydrogen (secondary N) is 2. The van der Waals surface area contributed by atoms with Gasteiger partial charge in [-0.2, -0.15) is 4.98 Å². The molecule has 1 saturated heterocycles. The highest BCUT2D eigenvalue weighted by molar-refractivity contribution is 5.76. The van der Waals surface area contributed by atoms with E-state index >= 15 is 0 Å². The summed E-state index contributed by atoms with van der Waals surface area (Å²) in [6.45, 7) is 8.27. The first-order chi connectivity index (χ1) is 13.6. The summed E-state index contributed by atoms with van der Waals surface area (Å²) in [4.78, 5) is 23.3. The third kappa shape index (κ3) is 6.20. The van der Waals surface area contributed by atoms with Gasteiger partial charge in [-0.1, -0.05) is 29.8 Å². The lowest BCUT2D eigenvalue weighted by atomic mass is 10.1. The van der Waals surface area contributed by atoms with Crippen molar-refractivity contribution in [2.45, 2.75) is 26.7 Å². The first kappa shape index (κ1) is 20.1. The molecule has 0 bridgehead atoms. The number of nitrogens with zero attached hydrogens (tertiary/aromatic N) is 3. The maximum absolute atomic E-state index is 12.0. The van der Waals surface area contributed by atoms with E-state index in [1.165, 1.54) is 11.1 Å². The molecule has 1 aromatic heterocycles. The van der Waals surface area contributed by atoms with Crippen LogP contribution in [-0.4, -0.2) is 55.3 Å². The molecule has 2 aromatic rings. The minimum atomic E-state index is 0.0578. The predicted molar refractivity (Wildman–Crippen MR) is 111 cm³/mol. The van der Waals surface area contributed by atoms with Crippen molar-refractivity contribution in [2.75, 3.05) is 49.6 Å². The van der Waals surface area contributed by atoms with Crippen LogP contribution >= 0.6 is 0 Å². The van der Waals surface area contributed by atoms with Crippen LogP contribution in [0.15, 0.2) is 30.3 Å². The molecule has 0 unspecified atom stereocenters. The molecule has 0 aliphatic carbocycles. The van der Waals surface area contributed by atoms with Crippen molar-refractivity contribution in [3.8, 4) is 0 Å². The van der Waals surface area contributed by atoms with Crippen molar-refractivity contribution in [2.24, 2.45) is 0 Å². The molecule has 0 atom stereocenters. The quantitative estimate of drug-likeness (QED) is 0.680. The van der Waals surface area contributed by atoms with Crippen LogP contribution in [0.25, 0.3) is 0 Å². The minimum Gasteiger partial charge on any atom is -0.378 e. The summed E-state index contributed by atoms with van der Waals surface area (Å²) in [5.74, 6) is 1.57. The van der Waals surface area contributed by atoms with E-state index < -0.39 is 0 Å². The Hall–Kier alpha value is -2.67. The summed E-state index contributed by atoms with van der Waals surface area (Å²) in [7, 11) is 0. The van der Waals surface area contributed by atoms with E-state index in [1.54, 1.807) is 0 Å². The van der Waals surface area contributed by atoms with E-state index in [1.807, 2.05) is 19.1 Å². The maximum Gasteiger partial charge on any atom is 0.224 e. The van der Waals surface area contributed by atoms with Crippen LogP contribution in [0, 0.1) is 13.8 Å². The Morgan fingerprint density at radius 1 is 1.14 bits per heavy atom. The number of carbonyl (C=O) groups excluding carboxylic acids is 1. The molecule has 0 spiro atoms. The third-order valence-corrected chi connectivity index (χ3v) is 4.63. The molecule has 1 aromatic carbocycles. The van der Waals surface area contributed by atoms with Crippen LogP contribution in [0.3, 0.4) is 0 Å². The fourth-order valence-electron chi connectivity index (χ4n) is 3.18. The van der Waals surface area contributed by atoms with E-state index in [9.17, 15) is 4.79 Å². The van der Waals surface area contributed by atoms with Gasteiger partial charge in [0.2, 0.25) is 11.9 Å². The Morgan fingerprint density at radius 3 is 2.75 bits per heavy atom. The molecule has 1 amide bonds. The summed E-state index contributed by atoms with van der Waals surface area (Å²) in [5, 5.41) is 6.15. The molecular formula is C21H29N5O2. The van der Waals surface area contributed by atoms with Crippen LogP contribution in [-0.2, 0) is 16.0 Å². The number of amides is 1. The van der Waals surface area contributed by atoms with Crippen molar-refractivity contribution in [3.05, 3.63) is 47.2 Å². The van der Waals surface area contributed by atoms with Gasteiger partial charge in [0.15, 0.2) is 0 Å². The number of ether oxygens (including phenoxy) is 1. The average molecular weight is 383 g/mol. The van der Waals surface area contributed by atoms with Gasteiger partial charge in [-0.3, -0.25) is 4.79 Å². The summed E-state index contributed by atoms with van der Waals surface area (Å²) in [6.07, 6.45) is 1.25. The lowest BCUT2D eigenvalue weighted by Gasteiger charge is -2.28. The van der Waals surface area contributed by atoms with E-state index in [4.69, 9.17) is 4.74 Å². The van der Waals surface area contributed by atoms with E-state index in [2.05, 4.69) is 50.6 Å². The van der Waals surface area contributed by atoms with Gasteiger partial charge in [0.25, 0.3) is 0 Å². The summed E-state index contributed by atoms with van der Waals surface area (Å²) in [6, 6.07) is 10.3. The summed E-state index contributed by atoms with van der Waals surface area (Å²) in [5.41, 5.74) is 3.33. The molecule has 0 radical (unpaired) electrons. The number of benzene rings is 1. The highest BCUT2D eigenvalue weighted by atomic mass is 16.5. The van der Waals surface area contributed by atoms with Crippen molar-refractivity contribution >= 4 is 17.7 Å². The van der Waals surface area contributed by atoms with Gasteiger partial charge in [0.1, 0.15) is 5.82 Å². The lowest BCUT2D eigenvalue weighted by Crippen LogP contribution is -2.37. The highest BCUT2D eigenvalue weighted by Crippen LogP contribution is 2.16. The number of rotatable bonds is 8. The molecule has 7 nitrogen and oxygen atoms in total. The second kappa shape index (κ2) is 10.0. The maximum atomic E-state index is 12.0. The van der Waals surface area contributed by atoms with Gasteiger partial charge in [-0.25, -0.2) is 4.98 Å². The summed E-state index contributed by atoms with van der Waals surface area (Å²) < 4.78 is 5.40. The van der Waals surface area contributed by atoms with Crippen molar-refractivity contribution in [1.29, 1.82) is 0 Å². The van der Waals surface area contributed by atoms with E-state index in [-0.39, 0.29) is 5.91 Å². The standard InChI is InChI=1S/C21H29N5O2/c1-16-4-3-5-18(14-16)6-7-20(27)22-8-9-23-21-24-17(2)15-19(25-21)26-10-12-28-13-11-26/h3-5,14-15H,6-13H2,1-2H3,(H,22,27)(H,23,24,25). The Morgan fingerprint density at radius 2 is 1.96 bits per heavy atom. The highest BCUT2D eigenvalue weighted by Gasteiger charge is 2.14. The van der Waals surface area contributed by atoms with Gasteiger partial charge in [-0.15, -0.1) is 0 Å². The van der Waals surface area contributed by atoms with Crippen LogP contribution in [0.2, 0.25) is 0 Å². The normalized spacial score (nSPS) is 14.0. The predicted octanol–water partition coefficient (Wildman–Crippen LogP) is 2.09. The molecule has 3 rings (SSSR count). The second-order valence-corrected chi connectivity index (χ2v) is 7.06. The van der Waals surface area contributed by atoms with Crippen molar-refractivity contribution in [1.82, 2.24) is 15.3 Å². The van der Waals surface area contributed by atoms with Gasteiger partial charge in [-0.05, 0) is 25.8 Å². The lowest BCUT2D eigenvalue weighted by molar-refractivity contribution is -0.120. The average Bonchev–Trinajstić information content (AvgIpc) is 2.70. The molecule has 1 fully saturated rings. The first-order valence-electron chi connectivity index (χ1n) is 9.84. The molecular weight excluding hydrogens is 354 g/mol. The smallest absolute Gasteiger partial charge is 0.224 e. The Labute approximate surface area is 166 Å². The molecule has 1 aliphatic rings. The zero-order valence-electron chi connectivity index (χ0n) is 16.7. The van der Waals surface area contributed by atoms with E-state index in [0.717, 1.165) is 44.2 Å². The van der Waals surface area contributed by atoms with Gasteiger partial charge in [0, 0.05) is 44.4 Å². The molecule has 7 heteroatoms. The Bertz CT molecular complexity index is 790. The molecule has 28 heavy (non-hydrogen) atoms. The van der Waals surface area contributed by atoms with Crippen LogP contribution in [0.4, 0.5) is 11.8 Å². The molecule has 150 valence electrons. The zero-order valence-corrected chi connectivity index (χ0v) is 16.7. The van der Waals surface area contributed by atoms with Crippen LogP contribution in [0.5, 0.6) is 0 Å². The fraction of sp³-hybridized carbons (Fsp3) is 0.476. The van der Waals surface area contributed by atoms with Crippen molar-refractivity contribution in [3.63, 3.8) is 0 Å². The van der Waals surface area contributed by atoms with Crippen LogP contribution in [0.1, 0.15) is 23.2 Å². The molecule has 0 saturated carbocycles. The number of anilines is 2. The monoisotopic (exact) mass is 383 g/mol. The van der Waals surface area contributed by atoms with Gasteiger partial charge >= 0.3 is 0 Å². The number of carbonyl (C=O) groups is 1. The molecule has 1 aliphatic heterocycles. The SMILES string of the molecule is Cc1cccc(CCC(=O)NCCNc2nc(C)cc(N3CCOCC3)n2)c1. The number of hydrogen-bond donors (Lipinski definition) is 2. The number of aryl methyl sites for hydroxylation is 3. The number of hydrogen-bond acceptors (Lipinski definition) is 6. The van der Waals surface area contributed by atoms with Gasteiger partial charge < -0.3 is 20.3 Å². The van der Waals surface area contributed by atoms with Crippen molar-refractivity contribution < 1.29 is 9.53 Å². The van der Waals surface area contributed by atoms with Gasteiger partial charge in [0.05, 0.1) is 13.2 Å². The molecule has 2 N–H and O–H groups in total. The summed E-state index contributed by atoms with van der Waals surface area (Å²) >= 11 is 0. The minimum absolute atomic E-state index is 0.0578. The topological polar surface area (TPSA) is 79.4 Å². The zero-order chi connectivity index (χ0) is 19.8. The third-order valence-electron chi connectivity index (χ3n) is 4.63. The van der Waals surface area contributed by atoms with Crippen LogP contribution < -0.4 is 15.5 Å². The number of morpholine rings is 1. The molecule has 2 heterocycles. The first-order valence-corrected chi connectivity index (χ1v) is 9.84. The second-order valence-electron chi connectivity index (χ2n) is 7.06. The van der Waals surface area contributed by atoms with E-state index in [0.29, 0.717) is 25.5 Å². The largest absolute Gasteiger partial charge is 0.378 e. The fourth-order valence-corrected chi connectivity index (χ4v) is 3.18.